The topological polar surface area (TPSA) is 62.5 Å². The summed E-state index contributed by atoms with van der Waals surface area (Å²) in [6.45, 7) is -0.156. The first-order valence-electron chi connectivity index (χ1n) is 7.03. The molecular formula is C17H13ClFNO3S. The quantitative estimate of drug-likeness (QED) is 0.723. The van der Waals surface area contributed by atoms with E-state index < -0.39 is 17.3 Å². The maximum absolute atomic E-state index is 13.8. The number of thiophene rings is 1. The highest BCUT2D eigenvalue weighted by Crippen LogP contribution is 2.32. The summed E-state index contributed by atoms with van der Waals surface area (Å²) >= 11 is 7.24. The summed E-state index contributed by atoms with van der Waals surface area (Å²) in [7, 11) is 0. The molecule has 4 nitrogen and oxygen atoms in total. The Kier molecular flexibility index (Phi) is 4.71. The molecule has 0 aliphatic carbocycles. The average Bonchev–Trinajstić information content (AvgIpc) is 3.25. The summed E-state index contributed by atoms with van der Waals surface area (Å²) in [6.07, 6.45) is 2.84. The van der Waals surface area contributed by atoms with Gasteiger partial charge in [0, 0.05) is 10.4 Å². The van der Waals surface area contributed by atoms with Gasteiger partial charge in [-0.2, -0.15) is 0 Å². The Labute approximate surface area is 146 Å². The number of amides is 1. The Morgan fingerprint density at radius 1 is 1.33 bits per heavy atom. The normalized spacial score (nSPS) is 13.5. The molecule has 0 spiro atoms. The molecule has 1 atom stereocenters. The minimum absolute atomic E-state index is 0.00970. The molecule has 0 radical (unpaired) electrons. The average molecular weight is 366 g/mol. The lowest BCUT2D eigenvalue weighted by molar-refractivity contribution is 0.0712. The van der Waals surface area contributed by atoms with Crippen LogP contribution in [0.15, 0.2) is 58.7 Å². The highest BCUT2D eigenvalue weighted by atomic mass is 35.5. The molecule has 0 saturated carbocycles. The van der Waals surface area contributed by atoms with Gasteiger partial charge in [0.2, 0.25) is 0 Å². The van der Waals surface area contributed by atoms with Gasteiger partial charge in [-0.25, -0.2) is 4.39 Å². The van der Waals surface area contributed by atoms with Gasteiger partial charge in [0.15, 0.2) is 0 Å². The number of furan rings is 1. The van der Waals surface area contributed by atoms with Crippen molar-refractivity contribution in [1.29, 1.82) is 0 Å². The summed E-state index contributed by atoms with van der Waals surface area (Å²) in [5.74, 6) is -1.42. The highest BCUT2D eigenvalue weighted by molar-refractivity contribution is 7.10. The van der Waals surface area contributed by atoms with E-state index in [-0.39, 0.29) is 17.1 Å². The van der Waals surface area contributed by atoms with E-state index >= 15 is 0 Å². The van der Waals surface area contributed by atoms with Crippen LogP contribution in [0.1, 0.15) is 20.8 Å². The van der Waals surface area contributed by atoms with Gasteiger partial charge in [0.25, 0.3) is 5.91 Å². The van der Waals surface area contributed by atoms with Crippen LogP contribution < -0.4 is 5.32 Å². The van der Waals surface area contributed by atoms with Crippen molar-refractivity contribution in [3.63, 3.8) is 0 Å². The molecule has 2 heterocycles. The Morgan fingerprint density at radius 2 is 2.17 bits per heavy atom. The first-order chi connectivity index (χ1) is 11.5. The smallest absolute Gasteiger partial charge is 0.255 e. The maximum Gasteiger partial charge on any atom is 0.255 e. The molecule has 0 aliphatic rings. The fraction of sp³-hybridized carbons (Fsp3) is 0.118. The van der Waals surface area contributed by atoms with Gasteiger partial charge >= 0.3 is 0 Å². The fourth-order valence-corrected chi connectivity index (χ4v) is 3.45. The zero-order valence-electron chi connectivity index (χ0n) is 12.3. The van der Waals surface area contributed by atoms with E-state index in [1.165, 1.54) is 36.0 Å². The van der Waals surface area contributed by atoms with E-state index in [1.54, 1.807) is 18.2 Å². The van der Waals surface area contributed by atoms with Gasteiger partial charge < -0.3 is 14.8 Å². The molecule has 2 aromatic heterocycles. The number of benzene rings is 1. The van der Waals surface area contributed by atoms with Crippen molar-refractivity contribution >= 4 is 28.8 Å². The predicted octanol–water partition coefficient (Wildman–Crippen LogP) is 3.80. The van der Waals surface area contributed by atoms with Gasteiger partial charge in [-0.3, -0.25) is 4.79 Å². The number of rotatable bonds is 5. The van der Waals surface area contributed by atoms with Crippen LogP contribution in [0.3, 0.4) is 0 Å². The third kappa shape index (κ3) is 3.08. The van der Waals surface area contributed by atoms with E-state index in [4.69, 9.17) is 16.0 Å². The summed E-state index contributed by atoms with van der Waals surface area (Å²) in [5, 5.41) is 15.4. The number of carbonyl (C=O) groups is 1. The predicted molar refractivity (Wildman–Crippen MR) is 89.8 cm³/mol. The summed E-state index contributed by atoms with van der Waals surface area (Å²) in [6, 6.07) is 9.16. The molecule has 0 saturated heterocycles. The number of aliphatic hydroxyl groups is 1. The van der Waals surface area contributed by atoms with Gasteiger partial charge in [0.05, 0.1) is 29.7 Å². The maximum atomic E-state index is 13.8. The molecule has 0 fully saturated rings. The molecule has 2 N–H and O–H groups in total. The molecule has 3 aromatic rings. The van der Waals surface area contributed by atoms with Crippen LogP contribution in [0.25, 0.3) is 0 Å². The Morgan fingerprint density at radius 3 is 2.79 bits per heavy atom. The van der Waals surface area contributed by atoms with Crippen LogP contribution in [-0.4, -0.2) is 17.6 Å². The second-order valence-electron chi connectivity index (χ2n) is 5.13. The van der Waals surface area contributed by atoms with Crippen LogP contribution in [0, 0.1) is 5.82 Å². The Bertz CT molecular complexity index is 779. The fourth-order valence-electron chi connectivity index (χ4n) is 2.36. The van der Waals surface area contributed by atoms with Crippen LogP contribution in [0.5, 0.6) is 0 Å². The van der Waals surface area contributed by atoms with E-state index in [9.17, 15) is 14.3 Å². The number of hydrogen-bond donors (Lipinski definition) is 2. The number of carbonyl (C=O) groups excluding carboxylic acids is 1. The van der Waals surface area contributed by atoms with E-state index in [0.717, 1.165) is 6.07 Å². The van der Waals surface area contributed by atoms with Crippen molar-refractivity contribution in [2.24, 2.45) is 0 Å². The first kappa shape index (κ1) is 16.7. The Balaban J connectivity index is 1.86. The molecule has 1 aromatic carbocycles. The van der Waals surface area contributed by atoms with Crippen LogP contribution in [0.4, 0.5) is 4.39 Å². The van der Waals surface area contributed by atoms with E-state index in [0.29, 0.717) is 10.4 Å². The summed E-state index contributed by atoms with van der Waals surface area (Å²) < 4.78 is 18.9. The van der Waals surface area contributed by atoms with Crippen molar-refractivity contribution in [2.75, 3.05) is 6.54 Å². The third-order valence-corrected chi connectivity index (χ3v) is 4.96. The largest absolute Gasteiger partial charge is 0.472 e. The van der Waals surface area contributed by atoms with Crippen molar-refractivity contribution < 1.29 is 18.7 Å². The minimum Gasteiger partial charge on any atom is -0.472 e. The van der Waals surface area contributed by atoms with Crippen LogP contribution in [0.2, 0.25) is 5.02 Å². The van der Waals surface area contributed by atoms with Crippen molar-refractivity contribution in [3.8, 4) is 0 Å². The lowest BCUT2D eigenvalue weighted by Crippen LogP contribution is -2.41. The van der Waals surface area contributed by atoms with E-state index in [2.05, 4.69) is 5.32 Å². The molecule has 0 aliphatic heterocycles. The number of halogens is 2. The van der Waals surface area contributed by atoms with Crippen LogP contribution in [-0.2, 0) is 5.60 Å². The number of nitrogens with one attached hydrogen (secondary N) is 1. The Hall–Kier alpha value is -2.15. The lowest BCUT2D eigenvalue weighted by atomic mass is 9.94. The van der Waals surface area contributed by atoms with Crippen molar-refractivity contribution in [1.82, 2.24) is 5.32 Å². The van der Waals surface area contributed by atoms with Gasteiger partial charge in [-0.15, -0.1) is 11.3 Å². The third-order valence-electron chi connectivity index (χ3n) is 3.62. The van der Waals surface area contributed by atoms with Gasteiger partial charge in [-0.05, 0) is 29.6 Å². The molecule has 7 heteroatoms. The lowest BCUT2D eigenvalue weighted by Gasteiger charge is -2.26. The molecule has 1 amide bonds. The first-order valence-corrected chi connectivity index (χ1v) is 8.29. The molecule has 24 heavy (non-hydrogen) atoms. The molecular weight excluding hydrogens is 353 g/mol. The molecule has 0 unspecified atom stereocenters. The number of hydrogen-bond acceptors (Lipinski definition) is 4. The SMILES string of the molecule is O=C(NC[C@](O)(c1ccoc1)c1cccs1)c1c(F)cccc1Cl. The monoisotopic (exact) mass is 365 g/mol. The molecule has 0 bridgehead atoms. The summed E-state index contributed by atoms with van der Waals surface area (Å²) in [4.78, 5) is 12.9. The van der Waals surface area contributed by atoms with Crippen LogP contribution >= 0.6 is 22.9 Å². The zero-order chi connectivity index (χ0) is 17.2. The van der Waals surface area contributed by atoms with Gasteiger partial charge in [0.1, 0.15) is 11.4 Å². The second-order valence-corrected chi connectivity index (χ2v) is 6.48. The second kappa shape index (κ2) is 6.76. The van der Waals surface area contributed by atoms with Crippen molar-refractivity contribution in [3.05, 3.63) is 81.1 Å². The van der Waals surface area contributed by atoms with E-state index in [1.807, 2.05) is 5.38 Å². The zero-order valence-corrected chi connectivity index (χ0v) is 13.9. The van der Waals surface area contributed by atoms with Crippen molar-refractivity contribution in [2.45, 2.75) is 5.60 Å². The standard InChI is InChI=1S/C17H13ClFNO3S/c18-12-3-1-4-13(19)15(12)16(21)20-10-17(22,11-6-7-23-9-11)14-5-2-8-24-14/h1-9,22H,10H2,(H,20,21)/t17-/m0/s1. The molecule has 124 valence electrons. The molecule has 3 rings (SSSR count). The minimum atomic E-state index is -1.48. The summed E-state index contributed by atoms with van der Waals surface area (Å²) in [5.41, 5.74) is -1.24. The van der Waals surface area contributed by atoms with Gasteiger partial charge in [-0.1, -0.05) is 23.7 Å². The highest BCUT2D eigenvalue weighted by Gasteiger charge is 2.34.